The molecule has 1 fully saturated rings. The topological polar surface area (TPSA) is 69.7 Å². The van der Waals surface area contributed by atoms with Gasteiger partial charge >= 0.3 is 0 Å². The van der Waals surface area contributed by atoms with Crippen molar-refractivity contribution in [1.29, 1.82) is 0 Å². The summed E-state index contributed by atoms with van der Waals surface area (Å²) in [5.41, 5.74) is 7.21. The van der Waals surface area contributed by atoms with Crippen LogP contribution in [-0.2, 0) is 0 Å². The summed E-state index contributed by atoms with van der Waals surface area (Å²) >= 11 is 0. The average Bonchev–Trinajstić information content (AvgIpc) is 2.39. The van der Waals surface area contributed by atoms with Gasteiger partial charge in [-0.25, -0.2) is 0 Å². The highest BCUT2D eigenvalue weighted by molar-refractivity contribution is 5.39. The molecule has 0 aliphatic heterocycles. The minimum absolute atomic E-state index is 0.164. The van der Waals surface area contributed by atoms with Gasteiger partial charge in [0.15, 0.2) is 0 Å². The van der Waals surface area contributed by atoms with Gasteiger partial charge in [-0.05, 0) is 37.6 Å². The summed E-state index contributed by atoms with van der Waals surface area (Å²) in [5.74, 6) is 0. The molecule has 1 saturated carbocycles. The zero-order valence-electron chi connectivity index (χ0n) is 11.5. The summed E-state index contributed by atoms with van der Waals surface area (Å²) in [5, 5.41) is 20.3. The third-order valence-electron chi connectivity index (χ3n) is 4.04. The molecule has 2 rings (SSSR count). The van der Waals surface area contributed by atoms with Crippen molar-refractivity contribution >= 4 is 5.69 Å². The lowest BCUT2D eigenvalue weighted by Crippen LogP contribution is -2.44. The van der Waals surface area contributed by atoms with Gasteiger partial charge in [0.25, 0.3) is 0 Å². The summed E-state index contributed by atoms with van der Waals surface area (Å²) < 4.78 is 0. The summed E-state index contributed by atoms with van der Waals surface area (Å²) in [6.07, 6.45) is 3.33. The van der Waals surface area contributed by atoms with Gasteiger partial charge in [0.2, 0.25) is 0 Å². The molecule has 0 amide bonds. The molecule has 4 nitrogen and oxygen atoms in total. The first-order valence-electron chi connectivity index (χ1n) is 6.99. The molecule has 1 aromatic carbocycles. The van der Waals surface area contributed by atoms with Crippen LogP contribution in [0.25, 0.3) is 0 Å². The van der Waals surface area contributed by atoms with Crippen LogP contribution in [0.1, 0.15) is 37.4 Å². The molecule has 1 aromatic rings. The minimum atomic E-state index is -0.542. The molecule has 0 bridgehead atoms. The van der Waals surface area contributed by atoms with Crippen LogP contribution in [0.3, 0.4) is 0 Å². The van der Waals surface area contributed by atoms with E-state index in [0.717, 1.165) is 31.2 Å². The van der Waals surface area contributed by atoms with Crippen molar-refractivity contribution < 1.29 is 10.2 Å². The van der Waals surface area contributed by atoms with Gasteiger partial charge in [0.1, 0.15) is 0 Å². The minimum Gasteiger partial charge on any atom is -0.399 e. The van der Waals surface area contributed by atoms with Gasteiger partial charge in [-0.3, -0.25) is 4.90 Å². The van der Waals surface area contributed by atoms with E-state index >= 15 is 0 Å². The predicted molar refractivity (Wildman–Crippen MR) is 76.7 cm³/mol. The Morgan fingerprint density at radius 1 is 1.26 bits per heavy atom. The van der Waals surface area contributed by atoms with Gasteiger partial charge in [0, 0.05) is 18.3 Å². The van der Waals surface area contributed by atoms with Crippen LogP contribution in [0.15, 0.2) is 24.3 Å². The van der Waals surface area contributed by atoms with Crippen molar-refractivity contribution in [3.05, 3.63) is 29.8 Å². The van der Waals surface area contributed by atoms with Gasteiger partial charge < -0.3 is 15.9 Å². The van der Waals surface area contributed by atoms with Crippen molar-refractivity contribution in [1.82, 2.24) is 4.90 Å². The molecule has 0 spiro atoms. The zero-order chi connectivity index (χ0) is 13.8. The SMILES string of the molecule is CN(CC(O)c1ccc(N)cc1)C1CCCCC1O. The molecular weight excluding hydrogens is 240 g/mol. The molecule has 0 saturated heterocycles. The van der Waals surface area contributed by atoms with E-state index in [2.05, 4.69) is 4.90 Å². The van der Waals surface area contributed by atoms with Crippen LogP contribution >= 0.6 is 0 Å². The molecule has 4 N–H and O–H groups in total. The summed E-state index contributed by atoms with van der Waals surface area (Å²) in [6.45, 7) is 0.533. The third kappa shape index (κ3) is 3.69. The Kier molecular flexibility index (Phi) is 4.80. The highest BCUT2D eigenvalue weighted by Gasteiger charge is 2.27. The lowest BCUT2D eigenvalue weighted by Gasteiger charge is -2.36. The lowest BCUT2D eigenvalue weighted by molar-refractivity contribution is 0.0109. The molecule has 1 aliphatic carbocycles. The Morgan fingerprint density at radius 2 is 1.89 bits per heavy atom. The van der Waals surface area contributed by atoms with E-state index in [0.29, 0.717) is 12.2 Å². The molecule has 106 valence electrons. The number of nitrogen functional groups attached to an aromatic ring is 1. The molecule has 4 heteroatoms. The highest BCUT2D eigenvalue weighted by atomic mass is 16.3. The number of benzene rings is 1. The number of aliphatic hydroxyl groups excluding tert-OH is 2. The standard InChI is InChI=1S/C15H24N2O2/c1-17(13-4-2-3-5-14(13)18)10-15(19)11-6-8-12(16)9-7-11/h6-9,13-15,18-19H,2-5,10,16H2,1H3. The van der Waals surface area contributed by atoms with Crippen LogP contribution in [0.5, 0.6) is 0 Å². The largest absolute Gasteiger partial charge is 0.399 e. The Bertz CT molecular complexity index is 394. The maximum Gasteiger partial charge on any atom is 0.0916 e. The average molecular weight is 264 g/mol. The first kappa shape index (κ1) is 14.3. The molecule has 0 radical (unpaired) electrons. The monoisotopic (exact) mass is 264 g/mol. The fourth-order valence-corrected chi connectivity index (χ4v) is 2.84. The Hall–Kier alpha value is -1.10. The van der Waals surface area contributed by atoms with Crippen molar-refractivity contribution in [2.45, 2.75) is 43.9 Å². The molecule has 19 heavy (non-hydrogen) atoms. The van der Waals surface area contributed by atoms with Crippen LogP contribution in [0, 0.1) is 0 Å². The molecule has 3 atom stereocenters. The zero-order valence-corrected chi connectivity index (χ0v) is 11.5. The van der Waals surface area contributed by atoms with Gasteiger partial charge in [0.05, 0.1) is 12.2 Å². The lowest BCUT2D eigenvalue weighted by atomic mass is 9.91. The van der Waals surface area contributed by atoms with E-state index in [1.807, 2.05) is 19.2 Å². The first-order valence-corrected chi connectivity index (χ1v) is 6.99. The number of nitrogens with two attached hydrogens (primary N) is 1. The Balaban J connectivity index is 1.94. The van der Waals surface area contributed by atoms with E-state index in [1.54, 1.807) is 12.1 Å². The number of rotatable bonds is 4. The van der Waals surface area contributed by atoms with Gasteiger partial charge in [-0.15, -0.1) is 0 Å². The van der Waals surface area contributed by atoms with Crippen molar-refractivity contribution in [3.63, 3.8) is 0 Å². The second-order valence-corrected chi connectivity index (χ2v) is 5.54. The number of likely N-dealkylation sites (N-methyl/N-ethyl adjacent to an activating group) is 1. The second-order valence-electron chi connectivity index (χ2n) is 5.54. The van der Waals surface area contributed by atoms with Crippen molar-refractivity contribution in [2.75, 3.05) is 19.3 Å². The number of hydrogen-bond donors (Lipinski definition) is 3. The van der Waals surface area contributed by atoms with Crippen LogP contribution < -0.4 is 5.73 Å². The number of nitrogens with zero attached hydrogens (tertiary/aromatic N) is 1. The van der Waals surface area contributed by atoms with Crippen molar-refractivity contribution in [3.8, 4) is 0 Å². The van der Waals surface area contributed by atoms with Gasteiger partial charge in [-0.1, -0.05) is 25.0 Å². The number of hydrogen-bond acceptors (Lipinski definition) is 4. The van der Waals surface area contributed by atoms with Crippen LogP contribution in [-0.4, -0.2) is 40.9 Å². The summed E-state index contributed by atoms with van der Waals surface area (Å²) in [7, 11) is 1.97. The summed E-state index contributed by atoms with van der Waals surface area (Å²) in [4.78, 5) is 2.07. The summed E-state index contributed by atoms with van der Waals surface area (Å²) in [6, 6.07) is 7.47. The van der Waals surface area contributed by atoms with Crippen LogP contribution in [0.4, 0.5) is 5.69 Å². The number of aliphatic hydroxyl groups is 2. The van der Waals surface area contributed by atoms with E-state index in [9.17, 15) is 10.2 Å². The van der Waals surface area contributed by atoms with E-state index in [4.69, 9.17) is 5.73 Å². The smallest absolute Gasteiger partial charge is 0.0916 e. The molecule has 3 unspecified atom stereocenters. The molecule has 0 aromatic heterocycles. The van der Waals surface area contributed by atoms with Crippen LogP contribution in [0.2, 0.25) is 0 Å². The molecule has 1 aliphatic rings. The second kappa shape index (κ2) is 6.37. The fourth-order valence-electron chi connectivity index (χ4n) is 2.84. The maximum absolute atomic E-state index is 10.2. The van der Waals surface area contributed by atoms with E-state index in [1.165, 1.54) is 0 Å². The van der Waals surface area contributed by atoms with Crippen molar-refractivity contribution in [2.24, 2.45) is 0 Å². The van der Waals surface area contributed by atoms with Gasteiger partial charge in [-0.2, -0.15) is 0 Å². The first-order chi connectivity index (χ1) is 9.08. The highest BCUT2D eigenvalue weighted by Crippen LogP contribution is 2.24. The Morgan fingerprint density at radius 3 is 2.53 bits per heavy atom. The normalized spacial score (nSPS) is 25.5. The maximum atomic E-state index is 10.2. The predicted octanol–water partition coefficient (Wildman–Crippen LogP) is 1.54. The fraction of sp³-hybridized carbons (Fsp3) is 0.600. The molecule has 0 heterocycles. The van der Waals surface area contributed by atoms with E-state index < -0.39 is 6.10 Å². The Labute approximate surface area is 114 Å². The quantitative estimate of drug-likeness (QED) is 0.721. The van der Waals surface area contributed by atoms with E-state index in [-0.39, 0.29) is 12.1 Å². The number of anilines is 1. The molecular formula is C15H24N2O2. The third-order valence-corrected chi connectivity index (χ3v) is 4.04.